The molecule has 1 aliphatic carbocycles. The van der Waals surface area contributed by atoms with Crippen molar-refractivity contribution in [3.05, 3.63) is 346 Å². The number of nitrogens with one attached hydrogen (secondary N) is 4. The zero-order valence-electron chi connectivity index (χ0n) is 59.0. The number of carbonyl (C=O) groups is 4. The van der Waals surface area contributed by atoms with Crippen LogP contribution in [-0.4, -0.2) is 90.4 Å². The Hall–Kier alpha value is -12.9. The topological polar surface area (TPSA) is 244 Å². The number of rotatable bonds is 21. The molecule has 0 saturated heterocycles. The van der Waals surface area contributed by atoms with E-state index in [1.165, 1.54) is 12.4 Å². The summed E-state index contributed by atoms with van der Waals surface area (Å²) in [7, 11) is 0. The minimum absolute atomic E-state index is 0.226. The van der Waals surface area contributed by atoms with Gasteiger partial charge in [-0.25, -0.2) is 29.9 Å². The first kappa shape index (κ1) is 70.1. The highest BCUT2D eigenvalue weighted by Gasteiger charge is 2.65. The number of nitrogens with zero attached hydrogens (tertiary/aromatic N) is 10. The van der Waals surface area contributed by atoms with E-state index in [2.05, 4.69) is 79.3 Å². The summed E-state index contributed by atoms with van der Waals surface area (Å²) in [6.45, 7) is 4.37. The van der Waals surface area contributed by atoms with E-state index in [-0.39, 0.29) is 24.0 Å². The molecule has 4 atom stereocenters. The van der Waals surface area contributed by atoms with Gasteiger partial charge >= 0.3 is 0 Å². The van der Waals surface area contributed by atoms with Gasteiger partial charge in [-0.15, -0.1) is 22.7 Å². The van der Waals surface area contributed by atoms with E-state index in [1.807, 2.05) is 218 Å². The van der Waals surface area contributed by atoms with Gasteiger partial charge in [0.25, 0.3) is 11.8 Å². The third kappa shape index (κ3) is 14.1. The number of pyridine rings is 6. The molecule has 2 aliphatic heterocycles. The molecular weight excluding hydrogens is 1450 g/mol. The van der Waals surface area contributed by atoms with Crippen molar-refractivity contribution in [1.82, 2.24) is 50.5 Å². The van der Waals surface area contributed by atoms with Crippen molar-refractivity contribution < 1.29 is 19.2 Å². The Balaban J connectivity index is 0.647. The fourth-order valence-corrected chi connectivity index (χ4v) is 19.0. The van der Waals surface area contributed by atoms with Crippen LogP contribution in [0.15, 0.2) is 302 Å². The molecular formula is C88H64N14O4S4. The van der Waals surface area contributed by atoms with E-state index in [1.54, 1.807) is 82.9 Å². The number of thioether (sulfide) groups is 2. The maximum atomic E-state index is 14.6. The van der Waals surface area contributed by atoms with Crippen molar-refractivity contribution in [3.8, 4) is 66.7 Å². The summed E-state index contributed by atoms with van der Waals surface area (Å²) in [5.74, 6) is -1.71. The van der Waals surface area contributed by atoms with E-state index in [0.717, 1.165) is 96.7 Å². The molecule has 0 radical (unpaired) electrons. The summed E-state index contributed by atoms with van der Waals surface area (Å²) < 4.78 is -0.938. The van der Waals surface area contributed by atoms with Gasteiger partial charge in [-0.1, -0.05) is 181 Å². The van der Waals surface area contributed by atoms with Crippen LogP contribution in [-0.2, 0) is 27.2 Å². The minimum atomic E-state index is -1.00. The van der Waals surface area contributed by atoms with E-state index in [9.17, 15) is 19.2 Å². The number of benzene rings is 6. The molecule has 534 valence electrons. The van der Waals surface area contributed by atoms with Crippen molar-refractivity contribution in [1.29, 1.82) is 0 Å². The van der Waals surface area contributed by atoms with Crippen molar-refractivity contribution >= 4 is 103 Å². The standard InChI is InChI=1S/C88H64N14O4S4/c1-53-76(100-84(107-53)58-35-41-62(42-36-58)93-81(105)72(49-54-21-7-3-8-22-54)97-79(103)60-39-45-66(91-51-60)70-33-19-31-68(95-70)64-29-15-17-47-89-64)88-77(101-86(110-88)57-27-13-6-14-28-57)74-75(108-83(99-74)56-25-11-5-12-26-56)78-87(88,2)109-85(102-78)59-37-43-63(44-38-59)94-82(106)73(50-55-23-9-4-10-24-55)98-80(104)61-40-46-67(92-52-61)71-34-20-32-69(96-71)65-30-16-18-48-90-65/h3-48,51-52,72-73H,49-50H2,1-2H3,(H,93,105)(H,94,106)(H,97,103)(H,98,104)/t72?,73?,87-,88-/m0/s1. The molecule has 110 heavy (non-hydrogen) atoms. The fraction of sp³-hybridized carbons (Fsp3) is 0.0909. The Morgan fingerprint density at radius 3 is 1.29 bits per heavy atom. The third-order valence-corrected chi connectivity index (χ3v) is 24.5. The number of hydrogen-bond acceptors (Lipinski definition) is 18. The Morgan fingerprint density at radius 1 is 0.391 bits per heavy atom. The second-order valence-electron chi connectivity index (χ2n) is 26.5. The molecule has 14 aromatic rings. The molecule has 22 heteroatoms. The van der Waals surface area contributed by atoms with Crippen LogP contribution in [0.25, 0.3) is 78.1 Å². The predicted octanol–water partition coefficient (Wildman–Crippen LogP) is 15.5. The molecule has 0 bridgehead atoms. The molecule has 4 N–H and O–H groups in total. The Kier molecular flexibility index (Phi) is 19.4. The van der Waals surface area contributed by atoms with Gasteiger partial charge in [0.1, 0.15) is 42.3 Å². The van der Waals surface area contributed by atoms with Crippen molar-refractivity contribution in [2.75, 3.05) is 10.6 Å². The van der Waals surface area contributed by atoms with E-state index in [4.69, 9.17) is 29.9 Å². The third-order valence-electron chi connectivity index (χ3n) is 19.2. The Bertz CT molecular complexity index is 6030. The summed E-state index contributed by atoms with van der Waals surface area (Å²) in [4.78, 5) is 108. The summed E-state index contributed by atoms with van der Waals surface area (Å²) >= 11 is 6.52. The molecule has 8 aromatic heterocycles. The van der Waals surface area contributed by atoms with Gasteiger partial charge in [0.15, 0.2) is 0 Å². The molecule has 6 aromatic carbocycles. The van der Waals surface area contributed by atoms with Gasteiger partial charge < -0.3 is 21.3 Å². The number of aliphatic imine (C=N–C) groups is 2. The summed E-state index contributed by atoms with van der Waals surface area (Å²) in [5.41, 5.74) is 14.7. The smallest absolute Gasteiger partial charge is 0.253 e. The minimum Gasteiger partial charge on any atom is -0.340 e. The van der Waals surface area contributed by atoms with Crippen LogP contribution in [0.5, 0.6) is 0 Å². The van der Waals surface area contributed by atoms with Crippen molar-refractivity contribution in [2.24, 2.45) is 9.98 Å². The van der Waals surface area contributed by atoms with Crippen LogP contribution < -0.4 is 31.1 Å². The van der Waals surface area contributed by atoms with Gasteiger partial charge in [-0.05, 0) is 134 Å². The monoisotopic (exact) mass is 1510 g/mol. The summed E-state index contributed by atoms with van der Waals surface area (Å²) in [6, 6.07) is 82.4. The lowest BCUT2D eigenvalue weighted by molar-refractivity contribution is -0.118. The zero-order valence-corrected chi connectivity index (χ0v) is 62.3. The molecule has 17 rings (SSSR count). The lowest BCUT2D eigenvalue weighted by atomic mass is 9.80. The van der Waals surface area contributed by atoms with Gasteiger partial charge in [0.2, 0.25) is 11.8 Å². The Labute approximate surface area is 649 Å². The SMILES string of the molecule is Cc1sc(-c2ccc(NC(=O)C(Cc3ccccc3)NC(=O)c3ccc(-c4cccc(-c5ccccn5)n4)nc3)cc2)nc1[C@]12SC(c3ccccc3)=NC1=c1nc(-c3ccccc3)sc1=C1N=C(c3ccc(NC(=O)C(Cc4ccccc4)NC(=O)c4ccc(-c5cccc(-c6ccccn6)n5)nc4)cc3)S[C@@]12C. The summed E-state index contributed by atoms with van der Waals surface area (Å²) in [5, 5.41) is 16.2. The molecule has 18 nitrogen and oxygen atoms in total. The van der Waals surface area contributed by atoms with Gasteiger partial charge in [0.05, 0.1) is 83.0 Å². The Morgan fingerprint density at radius 2 is 0.809 bits per heavy atom. The lowest BCUT2D eigenvalue weighted by Crippen LogP contribution is -2.53. The van der Waals surface area contributed by atoms with Crippen LogP contribution in [0.3, 0.4) is 0 Å². The maximum Gasteiger partial charge on any atom is 0.253 e. The summed E-state index contributed by atoms with van der Waals surface area (Å²) in [6.07, 6.45) is 6.89. The average molecular weight is 1510 g/mol. The quantitative estimate of drug-likeness (QED) is 0.0523. The number of fused-ring (bicyclic) bond motifs is 4. The molecule has 0 saturated carbocycles. The number of amides is 4. The largest absolute Gasteiger partial charge is 0.340 e. The van der Waals surface area contributed by atoms with Crippen LogP contribution in [0.4, 0.5) is 11.4 Å². The highest BCUT2D eigenvalue weighted by Crippen LogP contribution is 2.68. The molecule has 4 amide bonds. The fourth-order valence-electron chi connectivity index (χ4n) is 13.6. The molecule has 0 spiro atoms. The first-order valence-corrected chi connectivity index (χ1v) is 38.8. The first-order chi connectivity index (χ1) is 53.9. The number of thiazole rings is 2. The van der Waals surface area contributed by atoms with Crippen molar-refractivity contribution in [2.45, 2.75) is 48.3 Å². The second-order valence-corrected chi connectivity index (χ2v) is 31.3. The number of hydrogen-bond donors (Lipinski definition) is 4. The van der Waals surface area contributed by atoms with E-state index >= 15 is 0 Å². The molecule has 0 fully saturated rings. The predicted molar refractivity (Wildman–Crippen MR) is 439 cm³/mol. The first-order valence-electron chi connectivity index (χ1n) is 35.5. The normalized spacial score (nSPS) is 15.9. The lowest BCUT2D eigenvalue weighted by Gasteiger charge is -2.43. The van der Waals surface area contributed by atoms with Crippen molar-refractivity contribution in [3.63, 3.8) is 0 Å². The van der Waals surface area contributed by atoms with Gasteiger partial charge in [-0.3, -0.25) is 39.1 Å². The van der Waals surface area contributed by atoms with Gasteiger partial charge in [0, 0.05) is 76.1 Å². The number of anilines is 2. The average Bonchev–Trinajstić information content (AvgIpc) is 1.49. The zero-order chi connectivity index (χ0) is 74.7. The highest BCUT2D eigenvalue weighted by molar-refractivity contribution is 8.20. The van der Waals surface area contributed by atoms with Crippen LogP contribution >= 0.6 is 46.2 Å². The molecule has 3 aliphatic rings. The maximum absolute atomic E-state index is 14.6. The number of carbonyl (C=O) groups excluding carboxylic acids is 4. The molecule has 2 unspecified atom stereocenters. The number of aryl methyl sites for hydroxylation is 1. The van der Waals surface area contributed by atoms with E-state index < -0.39 is 45.2 Å². The van der Waals surface area contributed by atoms with Crippen LogP contribution in [0.2, 0.25) is 0 Å². The highest BCUT2D eigenvalue weighted by atomic mass is 32.2. The van der Waals surface area contributed by atoms with Gasteiger partial charge in [-0.2, -0.15) is 0 Å². The second kappa shape index (κ2) is 30.4. The van der Waals surface area contributed by atoms with Crippen LogP contribution in [0.1, 0.15) is 60.5 Å². The number of aromatic nitrogens is 8. The van der Waals surface area contributed by atoms with E-state index in [0.29, 0.717) is 45.5 Å². The molecule has 10 heterocycles. The van der Waals surface area contributed by atoms with Crippen LogP contribution in [0, 0.1) is 6.92 Å².